The van der Waals surface area contributed by atoms with Gasteiger partial charge in [0.2, 0.25) is 5.75 Å². The van der Waals surface area contributed by atoms with Crippen molar-refractivity contribution in [2.75, 3.05) is 66.2 Å². The van der Waals surface area contributed by atoms with Crippen molar-refractivity contribution in [3.05, 3.63) is 47.5 Å². The van der Waals surface area contributed by atoms with Gasteiger partial charge in [0.25, 0.3) is 11.8 Å². The van der Waals surface area contributed by atoms with E-state index in [1.54, 1.807) is 43.5 Å². The first-order valence-electron chi connectivity index (χ1n) is 12.5. The zero-order valence-electron chi connectivity index (χ0n) is 21.7. The number of ether oxygens (including phenoxy) is 4. The minimum absolute atomic E-state index is 0.0626. The van der Waals surface area contributed by atoms with Gasteiger partial charge < -0.3 is 29.2 Å². The molecule has 0 radical (unpaired) electrons. The number of nitrogens with zero attached hydrogens (tertiary/aromatic N) is 2. The standard InChI is InChI=1S/C27H37N3O6/c1-5-34-23-18-21(19-24(35-6-2)25(23)36-7-3)27(32)30-16-14-29(15-17-30)13-12-28-26(31)20-8-10-22(33-4)11-9-20/h8-11,18-19H,5-7,12-17H2,1-4H3,(H,28,31). The Labute approximate surface area is 213 Å². The zero-order chi connectivity index (χ0) is 25.9. The van der Waals surface area contributed by atoms with Crippen molar-refractivity contribution in [2.45, 2.75) is 20.8 Å². The van der Waals surface area contributed by atoms with E-state index in [1.807, 2.05) is 25.7 Å². The summed E-state index contributed by atoms with van der Waals surface area (Å²) >= 11 is 0. The molecule has 2 aromatic carbocycles. The third-order valence-corrected chi connectivity index (χ3v) is 5.88. The van der Waals surface area contributed by atoms with Crippen LogP contribution < -0.4 is 24.3 Å². The summed E-state index contributed by atoms with van der Waals surface area (Å²) in [5, 5.41) is 2.95. The maximum atomic E-state index is 13.3. The number of benzene rings is 2. The van der Waals surface area contributed by atoms with Crippen molar-refractivity contribution >= 4 is 11.8 Å². The number of methoxy groups -OCH3 is 1. The molecule has 1 heterocycles. The van der Waals surface area contributed by atoms with Crippen molar-refractivity contribution in [1.82, 2.24) is 15.1 Å². The number of rotatable bonds is 12. The molecule has 1 aliphatic heterocycles. The largest absolute Gasteiger partial charge is 0.497 e. The van der Waals surface area contributed by atoms with E-state index in [1.165, 1.54) is 0 Å². The summed E-state index contributed by atoms with van der Waals surface area (Å²) in [7, 11) is 1.59. The Kier molecular flexibility index (Phi) is 10.2. The highest BCUT2D eigenvalue weighted by Crippen LogP contribution is 2.39. The van der Waals surface area contributed by atoms with Gasteiger partial charge in [-0.15, -0.1) is 0 Å². The van der Waals surface area contributed by atoms with E-state index in [0.717, 1.165) is 19.6 Å². The lowest BCUT2D eigenvalue weighted by molar-refractivity contribution is 0.0637. The summed E-state index contributed by atoms with van der Waals surface area (Å²) in [6.45, 7) is 11.0. The van der Waals surface area contributed by atoms with Crippen LogP contribution in [0.25, 0.3) is 0 Å². The van der Waals surface area contributed by atoms with Crippen LogP contribution >= 0.6 is 0 Å². The third kappa shape index (κ3) is 7.04. The quantitative estimate of drug-likeness (QED) is 0.480. The van der Waals surface area contributed by atoms with Gasteiger partial charge in [-0.1, -0.05) is 0 Å². The highest BCUT2D eigenvalue weighted by molar-refractivity contribution is 5.96. The summed E-state index contributed by atoms with van der Waals surface area (Å²) in [4.78, 5) is 29.7. The first kappa shape index (κ1) is 27.1. The normalized spacial score (nSPS) is 13.7. The van der Waals surface area contributed by atoms with Gasteiger partial charge in [-0.3, -0.25) is 14.5 Å². The summed E-state index contributed by atoms with van der Waals surface area (Å²) < 4.78 is 22.4. The zero-order valence-corrected chi connectivity index (χ0v) is 21.7. The number of amides is 2. The van der Waals surface area contributed by atoms with Crippen molar-refractivity contribution < 1.29 is 28.5 Å². The second-order valence-corrected chi connectivity index (χ2v) is 8.22. The molecule has 9 nitrogen and oxygen atoms in total. The molecule has 2 aromatic rings. The molecule has 1 fully saturated rings. The molecule has 0 spiro atoms. The fraction of sp³-hybridized carbons (Fsp3) is 0.481. The molecule has 0 saturated carbocycles. The Bertz CT molecular complexity index is 976. The summed E-state index contributed by atoms with van der Waals surface area (Å²) in [6.07, 6.45) is 0. The van der Waals surface area contributed by atoms with Crippen LogP contribution in [0.3, 0.4) is 0 Å². The minimum atomic E-state index is -0.114. The molecule has 0 bridgehead atoms. The fourth-order valence-corrected chi connectivity index (χ4v) is 4.04. The molecule has 0 atom stereocenters. The summed E-state index contributed by atoms with van der Waals surface area (Å²) in [5.41, 5.74) is 1.12. The molecular weight excluding hydrogens is 462 g/mol. The third-order valence-electron chi connectivity index (χ3n) is 5.88. The van der Waals surface area contributed by atoms with Gasteiger partial charge in [0.15, 0.2) is 11.5 Å². The van der Waals surface area contributed by atoms with Gasteiger partial charge in [-0.05, 0) is 57.2 Å². The van der Waals surface area contributed by atoms with Gasteiger partial charge in [0.05, 0.1) is 26.9 Å². The fourth-order valence-electron chi connectivity index (χ4n) is 4.04. The molecule has 1 aliphatic rings. The maximum absolute atomic E-state index is 13.3. The van der Waals surface area contributed by atoms with Crippen LogP contribution in [0, 0.1) is 0 Å². The van der Waals surface area contributed by atoms with E-state index >= 15 is 0 Å². The highest BCUT2D eigenvalue weighted by atomic mass is 16.5. The Hall–Kier alpha value is -3.46. The Morgan fingerprint density at radius 3 is 1.94 bits per heavy atom. The van der Waals surface area contributed by atoms with Crippen LogP contribution in [0.15, 0.2) is 36.4 Å². The highest BCUT2D eigenvalue weighted by Gasteiger charge is 2.25. The lowest BCUT2D eigenvalue weighted by Gasteiger charge is -2.35. The number of piperazine rings is 1. The van der Waals surface area contributed by atoms with E-state index < -0.39 is 0 Å². The van der Waals surface area contributed by atoms with Gasteiger partial charge in [0.1, 0.15) is 5.75 Å². The van der Waals surface area contributed by atoms with E-state index in [4.69, 9.17) is 18.9 Å². The topological polar surface area (TPSA) is 89.6 Å². The average Bonchev–Trinajstić information content (AvgIpc) is 2.90. The van der Waals surface area contributed by atoms with Gasteiger partial charge in [0, 0.05) is 50.4 Å². The Morgan fingerprint density at radius 2 is 1.42 bits per heavy atom. The van der Waals surface area contributed by atoms with Crippen LogP contribution in [-0.2, 0) is 0 Å². The molecule has 9 heteroatoms. The van der Waals surface area contributed by atoms with Gasteiger partial charge in [-0.2, -0.15) is 0 Å². The first-order chi connectivity index (χ1) is 17.5. The molecule has 36 heavy (non-hydrogen) atoms. The minimum Gasteiger partial charge on any atom is -0.497 e. The average molecular weight is 500 g/mol. The second-order valence-electron chi connectivity index (χ2n) is 8.22. The first-order valence-corrected chi connectivity index (χ1v) is 12.5. The molecule has 2 amide bonds. The number of nitrogens with one attached hydrogen (secondary N) is 1. The molecule has 196 valence electrons. The Balaban J connectivity index is 1.54. The number of carbonyl (C=O) groups excluding carboxylic acids is 2. The number of hydrogen-bond donors (Lipinski definition) is 1. The number of carbonyl (C=O) groups is 2. The smallest absolute Gasteiger partial charge is 0.254 e. The predicted octanol–water partition coefficient (Wildman–Crippen LogP) is 3.08. The van der Waals surface area contributed by atoms with E-state index in [0.29, 0.717) is 73.6 Å². The Morgan fingerprint density at radius 1 is 0.833 bits per heavy atom. The molecule has 1 N–H and O–H groups in total. The lowest BCUT2D eigenvalue weighted by Crippen LogP contribution is -2.50. The second kappa shape index (κ2) is 13.6. The monoisotopic (exact) mass is 499 g/mol. The van der Waals surface area contributed by atoms with E-state index in [-0.39, 0.29) is 11.8 Å². The lowest BCUT2D eigenvalue weighted by atomic mass is 10.1. The molecular formula is C27H37N3O6. The van der Waals surface area contributed by atoms with Crippen molar-refractivity contribution in [3.63, 3.8) is 0 Å². The maximum Gasteiger partial charge on any atom is 0.254 e. The van der Waals surface area contributed by atoms with E-state index in [2.05, 4.69) is 10.2 Å². The van der Waals surface area contributed by atoms with E-state index in [9.17, 15) is 9.59 Å². The van der Waals surface area contributed by atoms with Crippen molar-refractivity contribution in [1.29, 1.82) is 0 Å². The molecule has 0 aliphatic carbocycles. The molecule has 0 aromatic heterocycles. The summed E-state index contributed by atoms with van der Waals surface area (Å²) in [5.74, 6) is 2.09. The summed E-state index contributed by atoms with van der Waals surface area (Å²) in [6, 6.07) is 10.5. The van der Waals surface area contributed by atoms with Crippen LogP contribution in [0.2, 0.25) is 0 Å². The van der Waals surface area contributed by atoms with Crippen molar-refractivity contribution in [3.8, 4) is 23.0 Å². The molecule has 0 unspecified atom stereocenters. The van der Waals surface area contributed by atoms with Crippen LogP contribution in [-0.4, -0.2) is 87.8 Å². The number of hydrogen-bond acceptors (Lipinski definition) is 7. The molecule has 3 rings (SSSR count). The SMILES string of the molecule is CCOc1cc(C(=O)N2CCN(CCNC(=O)c3ccc(OC)cc3)CC2)cc(OCC)c1OCC. The van der Waals surface area contributed by atoms with Crippen LogP contribution in [0.5, 0.6) is 23.0 Å². The van der Waals surface area contributed by atoms with Gasteiger partial charge in [-0.25, -0.2) is 0 Å². The van der Waals surface area contributed by atoms with Crippen molar-refractivity contribution in [2.24, 2.45) is 0 Å². The molecule has 1 saturated heterocycles. The predicted molar refractivity (Wildman–Crippen MR) is 138 cm³/mol. The van der Waals surface area contributed by atoms with Crippen LogP contribution in [0.1, 0.15) is 41.5 Å². The van der Waals surface area contributed by atoms with Gasteiger partial charge >= 0.3 is 0 Å². The van der Waals surface area contributed by atoms with Crippen LogP contribution in [0.4, 0.5) is 0 Å².